The van der Waals surface area contributed by atoms with Crippen LogP contribution in [0.25, 0.3) is 0 Å². The number of carbonyl (C=O) groups is 1. The van der Waals surface area contributed by atoms with Crippen molar-refractivity contribution in [2.24, 2.45) is 0 Å². The van der Waals surface area contributed by atoms with E-state index < -0.39 is 0 Å². The van der Waals surface area contributed by atoms with Gasteiger partial charge in [-0.3, -0.25) is 4.79 Å². The monoisotopic (exact) mass is 250 g/mol. The Morgan fingerprint density at radius 1 is 1.19 bits per heavy atom. The molecule has 4 nitrogen and oxygen atoms in total. The van der Waals surface area contributed by atoms with Crippen LogP contribution in [0.2, 0.25) is 0 Å². The van der Waals surface area contributed by atoms with E-state index in [0.29, 0.717) is 19.6 Å². The Kier molecular flexibility index (Phi) is 11.0. The molecule has 16 heavy (non-hydrogen) atoms. The van der Waals surface area contributed by atoms with Gasteiger partial charge < -0.3 is 14.2 Å². The molecule has 0 saturated carbocycles. The van der Waals surface area contributed by atoms with Crippen LogP contribution >= 0.6 is 11.8 Å². The third kappa shape index (κ3) is 9.00. The lowest BCUT2D eigenvalue weighted by Gasteiger charge is -2.16. The highest BCUT2D eigenvalue weighted by atomic mass is 32.2. The summed E-state index contributed by atoms with van der Waals surface area (Å²) < 4.78 is 15.4. The molecular formula is C11H22O4S. The van der Waals surface area contributed by atoms with Gasteiger partial charge in [0.05, 0.1) is 13.5 Å². The van der Waals surface area contributed by atoms with Gasteiger partial charge >= 0.3 is 5.97 Å². The van der Waals surface area contributed by atoms with Crippen LogP contribution < -0.4 is 0 Å². The van der Waals surface area contributed by atoms with Crippen LogP contribution in [0.1, 0.15) is 26.7 Å². The zero-order valence-electron chi connectivity index (χ0n) is 10.4. The van der Waals surface area contributed by atoms with Crippen molar-refractivity contribution in [1.82, 2.24) is 0 Å². The normalized spacial score (nSPS) is 10.8. The second-order valence-electron chi connectivity index (χ2n) is 3.07. The molecule has 0 aliphatic carbocycles. The molecule has 0 aliphatic rings. The first kappa shape index (κ1) is 15.7. The van der Waals surface area contributed by atoms with E-state index in [4.69, 9.17) is 9.47 Å². The maximum Gasteiger partial charge on any atom is 0.306 e. The Labute approximate surface area is 102 Å². The molecule has 0 atom stereocenters. The minimum Gasteiger partial charge on any atom is -0.469 e. The Hall–Kier alpha value is -0.260. The van der Waals surface area contributed by atoms with Crippen molar-refractivity contribution in [2.45, 2.75) is 33.0 Å². The van der Waals surface area contributed by atoms with E-state index in [0.717, 1.165) is 17.9 Å². The Balaban J connectivity index is 3.42. The summed E-state index contributed by atoms with van der Waals surface area (Å²) in [6.07, 6.45) is 1.21. The Morgan fingerprint density at radius 3 is 2.31 bits per heavy atom. The van der Waals surface area contributed by atoms with Crippen molar-refractivity contribution in [3.63, 3.8) is 0 Å². The van der Waals surface area contributed by atoms with Gasteiger partial charge in [-0.15, -0.1) is 0 Å². The molecule has 0 spiro atoms. The van der Waals surface area contributed by atoms with Gasteiger partial charge in [0.25, 0.3) is 0 Å². The van der Waals surface area contributed by atoms with E-state index >= 15 is 0 Å². The lowest BCUT2D eigenvalue weighted by molar-refractivity contribution is -0.140. The lowest BCUT2D eigenvalue weighted by atomic mass is 10.4. The number of rotatable bonds is 10. The molecule has 0 aromatic heterocycles. The first-order valence-corrected chi connectivity index (χ1v) is 6.77. The number of carbonyl (C=O) groups excluding carboxylic acids is 1. The summed E-state index contributed by atoms with van der Waals surface area (Å²) in [6.45, 7) is 5.24. The average molecular weight is 250 g/mol. The van der Waals surface area contributed by atoms with Gasteiger partial charge in [-0.05, 0) is 19.6 Å². The molecule has 0 aromatic carbocycles. The predicted octanol–water partition coefficient (Wildman–Crippen LogP) is 2.07. The van der Waals surface area contributed by atoms with Crippen molar-refractivity contribution in [2.75, 3.05) is 31.8 Å². The summed E-state index contributed by atoms with van der Waals surface area (Å²) in [4.78, 5) is 10.8. The van der Waals surface area contributed by atoms with Crippen LogP contribution in [-0.2, 0) is 19.0 Å². The van der Waals surface area contributed by atoms with Crippen LogP contribution in [0, 0.1) is 0 Å². The SMILES string of the molecule is CCOC(CCSCCC(=O)OC)OCC. The first-order valence-electron chi connectivity index (χ1n) is 5.62. The minimum absolute atomic E-state index is 0.111. The van der Waals surface area contributed by atoms with Crippen molar-refractivity contribution in [3.05, 3.63) is 0 Å². The van der Waals surface area contributed by atoms with E-state index in [9.17, 15) is 4.79 Å². The van der Waals surface area contributed by atoms with Crippen LogP contribution in [-0.4, -0.2) is 44.1 Å². The average Bonchev–Trinajstić information content (AvgIpc) is 2.28. The van der Waals surface area contributed by atoms with E-state index in [1.54, 1.807) is 11.8 Å². The molecule has 0 saturated heterocycles. The van der Waals surface area contributed by atoms with Gasteiger partial charge in [0, 0.05) is 25.4 Å². The summed E-state index contributed by atoms with van der Waals surface area (Å²) in [5.41, 5.74) is 0. The molecule has 0 unspecified atom stereocenters. The molecule has 0 aliphatic heterocycles. The fraction of sp³-hybridized carbons (Fsp3) is 0.909. The van der Waals surface area contributed by atoms with Gasteiger partial charge in [0.15, 0.2) is 6.29 Å². The summed E-state index contributed by atoms with van der Waals surface area (Å²) >= 11 is 1.72. The molecule has 0 fully saturated rings. The molecule has 0 N–H and O–H groups in total. The Bertz CT molecular complexity index is 169. The van der Waals surface area contributed by atoms with Gasteiger partial charge in [0.2, 0.25) is 0 Å². The van der Waals surface area contributed by atoms with Crippen LogP contribution in [0.3, 0.4) is 0 Å². The summed E-state index contributed by atoms with van der Waals surface area (Å²) in [7, 11) is 1.41. The number of hydrogen-bond acceptors (Lipinski definition) is 5. The van der Waals surface area contributed by atoms with Crippen molar-refractivity contribution in [3.8, 4) is 0 Å². The fourth-order valence-electron chi connectivity index (χ4n) is 1.13. The maximum atomic E-state index is 10.8. The zero-order valence-corrected chi connectivity index (χ0v) is 11.2. The molecule has 5 heteroatoms. The van der Waals surface area contributed by atoms with E-state index in [-0.39, 0.29) is 12.3 Å². The molecule has 0 rings (SSSR count). The smallest absolute Gasteiger partial charge is 0.306 e. The standard InChI is InChI=1S/C11H22O4S/c1-4-14-11(15-5-2)7-9-16-8-6-10(12)13-3/h11H,4-9H2,1-3H3. The lowest BCUT2D eigenvalue weighted by Crippen LogP contribution is -2.18. The van der Waals surface area contributed by atoms with E-state index in [1.807, 2.05) is 13.8 Å². The number of thioether (sulfide) groups is 1. The molecule has 0 bridgehead atoms. The topological polar surface area (TPSA) is 44.8 Å². The molecular weight excluding hydrogens is 228 g/mol. The third-order valence-corrected chi connectivity index (χ3v) is 2.90. The van der Waals surface area contributed by atoms with E-state index in [2.05, 4.69) is 4.74 Å². The Morgan fingerprint density at radius 2 is 1.81 bits per heavy atom. The van der Waals surface area contributed by atoms with Gasteiger partial charge in [-0.25, -0.2) is 0 Å². The largest absolute Gasteiger partial charge is 0.469 e. The van der Waals surface area contributed by atoms with Gasteiger partial charge in [0.1, 0.15) is 0 Å². The van der Waals surface area contributed by atoms with Crippen molar-refractivity contribution < 1.29 is 19.0 Å². The van der Waals surface area contributed by atoms with Crippen LogP contribution in [0.5, 0.6) is 0 Å². The van der Waals surface area contributed by atoms with Crippen molar-refractivity contribution in [1.29, 1.82) is 0 Å². The molecule has 0 aromatic rings. The van der Waals surface area contributed by atoms with Gasteiger partial charge in [-0.1, -0.05) is 0 Å². The predicted molar refractivity (Wildman–Crippen MR) is 65.6 cm³/mol. The van der Waals surface area contributed by atoms with Crippen molar-refractivity contribution >= 4 is 17.7 Å². The minimum atomic E-state index is -0.154. The third-order valence-electron chi connectivity index (χ3n) is 1.88. The zero-order chi connectivity index (χ0) is 12.2. The molecule has 0 heterocycles. The highest BCUT2D eigenvalue weighted by Crippen LogP contribution is 2.10. The number of ether oxygens (including phenoxy) is 3. The quantitative estimate of drug-likeness (QED) is 0.337. The summed E-state index contributed by atoms with van der Waals surface area (Å²) in [6, 6.07) is 0. The number of esters is 1. The first-order chi connectivity index (χ1) is 7.74. The van der Waals surface area contributed by atoms with Gasteiger partial charge in [-0.2, -0.15) is 11.8 Å². The van der Waals surface area contributed by atoms with E-state index in [1.165, 1.54) is 7.11 Å². The summed E-state index contributed by atoms with van der Waals surface area (Å²) in [5, 5.41) is 0. The molecule has 0 radical (unpaired) electrons. The van der Waals surface area contributed by atoms with Crippen LogP contribution in [0.4, 0.5) is 0 Å². The molecule has 96 valence electrons. The highest BCUT2D eigenvalue weighted by molar-refractivity contribution is 7.99. The maximum absolute atomic E-state index is 10.8. The summed E-state index contributed by atoms with van der Waals surface area (Å²) in [5.74, 6) is 1.57. The second-order valence-corrected chi connectivity index (χ2v) is 4.29. The second kappa shape index (κ2) is 11.2. The molecule has 0 amide bonds. The van der Waals surface area contributed by atoms with Crippen LogP contribution in [0.15, 0.2) is 0 Å². The fourth-order valence-corrected chi connectivity index (χ4v) is 2.00. The number of methoxy groups -OCH3 is 1. The highest BCUT2D eigenvalue weighted by Gasteiger charge is 2.07. The number of hydrogen-bond donors (Lipinski definition) is 0.